The van der Waals surface area contributed by atoms with E-state index < -0.39 is 0 Å². The summed E-state index contributed by atoms with van der Waals surface area (Å²) in [5.74, 6) is 0. The summed E-state index contributed by atoms with van der Waals surface area (Å²) in [5.41, 5.74) is 6.49. The number of benzene rings is 1. The molecule has 0 saturated heterocycles. The highest BCUT2D eigenvalue weighted by atomic mass is 35.5. The second-order valence-electron chi connectivity index (χ2n) is 2.67. The molecule has 68 valence electrons. The summed E-state index contributed by atoms with van der Waals surface area (Å²) in [7, 11) is 0. The van der Waals surface area contributed by atoms with E-state index in [-0.39, 0.29) is 12.5 Å². The lowest BCUT2D eigenvalue weighted by atomic mass is 10.1. The highest BCUT2D eigenvalue weighted by Crippen LogP contribution is 2.23. The number of hydrogen-bond acceptors (Lipinski definition) is 2. The van der Waals surface area contributed by atoms with Crippen molar-refractivity contribution in [3.8, 4) is 6.07 Å². The molecule has 0 saturated carbocycles. The fourth-order valence-electron chi connectivity index (χ4n) is 1.01. The van der Waals surface area contributed by atoms with Crippen LogP contribution in [0.15, 0.2) is 18.2 Å². The molecular formula is C9H8Cl2N2. The molecule has 1 aromatic rings. The van der Waals surface area contributed by atoms with Crippen LogP contribution in [0.2, 0.25) is 10.0 Å². The summed E-state index contributed by atoms with van der Waals surface area (Å²) in [6.07, 6.45) is 0.261. The molecule has 13 heavy (non-hydrogen) atoms. The monoisotopic (exact) mass is 214 g/mol. The van der Waals surface area contributed by atoms with Crippen molar-refractivity contribution in [2.45, 2.75) is 12.5 Å². The molecule has 2 nitrogen and oxygen atoms in total. The van der Waals surface area contributed by atoms with E-state index in [1.807, 2.05) is 6.07 Å². The van der Waals surface area contributed by atoms with E-state index in [0.29, 0.717) is 10.0 Å². The molecule has 4 heteroatoms. The first-order chi connectivity index (χ1) is 6.13. The van der Waals surface area contributed by atoms with E-state index >= 15 is 0 Å². The van der Waals surface area contributed by atoms with Gasteiger partial charge in [0.15, 0.2) is 0 Å². The summed E-state index contributed by atoms with van der Waals surface area (Å²) in [6, 6.07) is 6.74. The molecule has 0 spiro atoms. The van der Waals surface area contributed by atoms with E-state index in [0.717, 1.165) is 5.56 Å². The molecular weight excluding hydrogens is 207 g/mol. The Labute approximate surface area is 86.9 Å². The maximum absolute atomic E-state index is 8.44. The second-order valence-corrected chi connectivity index (χ2v) is 3.54. The lowest BCUT2D eigenvalue weighted by molar-refractivity contribution is 0.749. The first kappa shape index (κ1) is 10.3. The van der Waals surface area contributed by atoms with Crippen molar-refractivity contribution in [3.63, 3.8) is 0 Å². The van der Waals surface area contributed by atoms with E-state index in [4.69, 9.17) is 34.2 Å². The average Bonchev–Trinajstić information content (AvgIpc) is 2.03. The quantitative estimate of drug-likeness (QED) is 0.824. The number of nitrogens with zero attached hydrogens (tertiary/aromatic N) is 1. The van der Waals surface area contributed by atoms with Crippen LogP contribution in [0.5, 0.6) is 0 Å². The van der Waals surface area contributed by atoms with Crippen molar-refractivity contribution in [1.29, 1.82) is 5.26 Å². The predicted octanol–water partition coefficient (Wildman–Crippen LogP) is 2.91. The van der Waals surface area contributed by atoms with Gasteiger partial charge in [0.25, 0.3) is 0 Å². The zero-order chi connectivity index (χ0) is 9.84. The van der Waals surface area contributed by atoms with Crippen LogP contribution in [0.25, 0.3) is 0 Å². The fraction of sp³-hybridized carbons (Fsp3) is 0.222. The van der Waals surface area contributed by atoms with Gasteiger partial charge >= 0.3 is 0 Å². The molecule has 0 amide bonds. The van der Waals surface area contributed by atoms with Gasteiger partial charge in [-0.1, -0.05) is 23.2 Å². The van der Waals surface area contributed by atoms with E-state index in [1.54, 1.807) is 18.2 Å². The van der Waals surface area contributed by atoms with Gasteiger partial charge in [0.05, 0.1) is 12.5 Å². The van der Waals surface area contributed by atoms with Gasteiger partial charge in [0, 0.05) is 16.1 Å². The van der Waals surface area contributed by atoms with Gasteiger partial charge < -0.3 is 5.73 Å². The molecule has 0 aliphatic rings. The van der Waals surface area contributed by atoms with Crippen LogP contribution >= 0.6 is 23.2 Å². The number of rotatable bonds is 2. The lowest BCUT2D eigenvalue weighted by Gasteiger charge is -2.08. The molecule has 1 aromatic carbocycles. The van der Waals surface area contributed by atoms with E-state index in [9.17, 15) is 0 Å². The summed E-state index contributed by atoms with van der Waals surface area (Å²) in [4.78, 5) is 0. The predicted molar refractivity (Wildman–Crippen MR) is 53.6 cm³/mol. The summed E-state index contributed by atoms with van der Waals surface area (Å²) in [5, 5.41) is 9.52. The minimum atomic E-state index is -0.318. The van der Waals surface area contributed by atoms with Gasteiger partial charge in [0.1, 0.15) is 0 Å². The molecule has 2 N–H and O–H groups in total. The maximum Gasteiger partial charge on any atom is 0.0641 e. The van der Waals surface area contributed by atoms with Crippen molar-refractivity contribution >= 4 is 23.2 Å². The Balaban J connectivity index is 2.95. The third-order valence-electron chi connectivity index (χ3n) is 1.62. The largest absolute Gasteiger partial charge is 0.323 e. The standard InChI is InChI=1S/C9H8Cl2N2/c10-7-3-6(4-8(11)5-7)9(13)1-2-12/h3-5,9H,1,13H2/t9-/m1/s1. The SMILES string of the molecule is N#CC[C@@H](N)c1cc(Cl)cc(Cl)c1. The number of nitriles is 1. The van der Waals surface area contributed by atoms with Crippen LogP contribution in [0, 0.1) is 11.3 Å². The molecule has 0 bridgehead atoms. The minimum Gasteiger partial charge on any atom is -0.323 e. The molecule has 1 rings (SSSR count). The number of nitrogens with two attached hydrogens (primary N) is 1. The normalized spacial score (nSPS) is 12.2. The molecule has 0 fully saturated rings. The number of hydrogen-bond donors (Lipinski definition) is 1. The first-order valence-corrected chi connectivity index (χ1v) is 4.47. The zero-order valence-corrected chi connectivity index (χ0v) is 8.31. The van der Waals surface area contributed by atoms with Crippen LogP contribution in [0.4, 0.5) is 0 Å². The van der Waals surface area contributed by atoms with E-state index in [2.05, 4.69) is 0 Å². The zero-order valence-electron chi connectivity index (χ0n) is 6.80. The van der Waals surface area contributed by atoms with Gasteiger partial charge in [-0.3, -0.25) is 0 Å². The van der Waals surface area contributed by atoms with Crippen LogP contribution in [0.1, 0.15) is 18.0 Å². The van der Waals surface area contributed by atoms with Crippen LogP contribution in [0.3, 0.4) is 0 Å². The van der Waals surface area contributed by atoms with Crippen LogP contribution < -0.4 is 5.73 Å². The van der Waals surface area contributed by atoms with Gasteiger partial charge in [-0.15, -0.1) is 0 Å². The van der Waals surface area contributed by atoms with Gasteiger partial charge in [-0.25, -0.2) is 0 Å². The summed E-state index contributed by atoms with van der Waals surface area (Å²) < 4.78 is 0. The Morgan fingerprint density at radius 2 is 1.85 bits per heavy atom. The van der Waals surface area contributed by atoms with E-state index in [1.165, 1.54) is 0 Å². The third-order valence-corrected chi connectivity index (χ3v) is 2.06. The average molecular weight is 215 g/mol. The van der Waals surface area contributed by atoms with Gasteiger partial charge in [-0.05, 0) is 23.8 Å². The molecule has 0 unspecified atom stereocenters. The van der Waals surface area contributed by atoms with Crippen molar-refractivity contribution in [2.75, 3.05) is 0 Å². The molecule has 0 radical (unpaired) electrons. The van der Waals surface area contributed by atoms with Crippen molar-refractivity contribution in [1.82, 2.24) is 0 Å². The minimum absolute atomic E-state index is 0.261. The van der Waals surface area contributed by atoms with Crippen LogP contribution in [-0.2, 0) is 0 Å². The molecule has 0 aromatic heterocycles. The summed E-state index contributed by atoms with van der Waals surface area (Å²) in [6.45, 7) is 0. The Morgan fingerprint density at radius 1 is 1.31 bits per heavy atom. The Hall–Kier alpha value is -0.750. The molecule has 0 aliphatic heterocycles. The van der Waals surface area contributed by atoms with Crippen molar-refractivity contribution in [3.05, 3.63) is 33.8 Å². The van der Waals surface area contributed by atoms with Crippen molar-refractivity contribution in [2.24, 2.45) is 5.73 Å². The second kappa shape index (κ2) is 4.48. The van der Waals surface area contributed by atoms with Gasteiger partial charge in [0.2, 0.25) is 0 Å². The molecule has 0 heterocycles. The smallest absolute Gasteiger partial charge is 0.0641 e. The molecule has 1 atom stereocenters. The third kappa shape index (κ3) is 2.89. The lowest BCUT2D eigenvalue weighted by Crippen LogP contribution is -2.08. The first-order valence-electron chi connectivity index (χ1n) is 3.72. The maximum atomic E-state index is 8.44. The Kier molecular flexibility index (Phi) is 3.56. The molecule has 0 aliphatic carbocycles. The number of halogens is 2. The highest BCUT2D eigenvalue weighted by molar-refractivity contribution is 6.34. The topological polar surface area (TPSA) is 49.8 Å². The fourth-order valence-corrected chi connectivity index (χ4v) is 1.55. The van der Waals surface area contributed by atoms with Gasteiger partial charge in [-0.2, -0.15) is 5.26 Å². The van der Waals surface area contributed by atoms with Crippen molar-refractivity contribution < 1.29 is 0 Å². The Morgan fingerprint density at radius 3 is 2.31 bits per heavy atom. The van der Waals surface area contributed by atoms with Crippen LogP contribution in [-0.4, -0.2) is 0 Å². The Bertz CT molecular complexity index is 324. The summed E-state index contributed by atoms with van der Waals surface area (Å²) >= 11 is 11.5. The highest BCUT2D eigenvalue weighted by Gasteiger charge is 2.06.